The van der Waals surface area contributed by atoms with Gasteiger partial charge in [0.2, 0.25) is 11.8 Å². The van der Waals surface area contributed by atoms with Crippen molar-refractivity contribution in [3.8, 4) is 45.3 Å². The van der Waals surface area contributed by atoms with E-state index < -0.39 is 12.1 Å². The van der Waals surface area contributed by atoms with Crippen LogP contribution in [-0.4, -0.2) is 116 Å². The molecule has 8 aromatic rings. The molecule has 2 unspecified atom stereocenters. The lowest BCUT2D eigenvalue weighted by molar-refractivity contribution is -0.142. The van der Waals surface area contributed by atoms with Crippen LogP contribution in [0.1, 0.15) is 104 Å². The molecular weight excluding hydrogens is 985 g/mol. The minimum absolute atomic E-state index is 0.0787. The molecule has 6 heterocycles. The van der Waals surface area contributed by atoms with Gasteiger partial charge in [0, 0.05) is 99.2 Å². The minimum atomic E-state index is -0.771. The zero-order valence-corrected chi connectivity index (χ0v) is 45.5. The number of benzene rings is 4. The van der Waals surface area contributed by atoms with Crippen molar-refractivity contribution >= 4 is 51.4 Å². The van der Waals surface area contributed by atoms with Crippen LogP contribution in [0.25, 0.3) is 55.3 Å². The van der Waals surface area contributed by atoms with Crippen molar-refractivity contribution < 1.29 is 28.6 Å². The van der Waals surface area contributed by atoms with Gasteiger partial charge in [0.05, 0.1) is 30.6 Å². The highest BCUT2D eigenvalue weighted by Gasteiger charge is 2.40. The van der Waals surface area contributed by atoms with E-state index in [0.717, 1.165) is 111 Å². The number of nitrogens with one attached hydrogen (secondary N) is 3. The van der Waals surface area contributed by atoms with Crippen LogP contribution in [0.3, 0.4) is 0 Å². The first-order valence-corrected chi connectivity index (χ1v) is 27.3. The Hall–Kier alpha value is -8.12. The molecule has 18 nitrogen and oxygen atoms in total. The van der Waals surface area contributed by atoms with Crippen LogP contribution in [0.15, 0.2) is 85.3 Å². The van der Waals surface area contributed by atoms with E-state index in [4.69, 9.17) is 29.3 Å². The van der Waals surface area contributed by atoms with Crippen LogP contribution in [-0.2, 0) is 34.0 Å². The molecule has 2 saturated heterocycles. The van der Waals surface area contributed by atoms with Crippen molar-refractivity contribution in [3.05, 3.63) is 113 Å². The fraction of sp³-hybridized carbons (Fsp3) is 0.400. The van der Waals surface area contributed by atoms with Crippen molar-refractivity contribution in [2.75, 3.05) is 51.1 Å². The molecule has 0 spiro atoms. The van der Waals surface area contributed by atoms with E-state index >= 15 is 0 Å². The number of carbonyl (C=O) groups is 3. The van der Waals surface area contributed by atoms with Crippen LogP contribution in [0.4, 0.5) is 11.5 Å². The topological polar surface area (TPSA) is 200 Å². The molecular formula is C60H68N12O6. The summed E-state index contributed by atoms with van der Waals surface area (Å²) in [6.45, 7) is 11.1. The van der Waals surface area contributed by atoms with Crippen molar-refractivity contribution in [3.63, 3.8) is 0 Å². The molecule has 11 rings (SSSR count). The van der Waals surface area contributed by atoms with E-state index in [9.17, 15) is 14.4 Å². The predicted octanol–water partition coefficient (Wildman–Crippen LogP) is 9.67. The second-order valence-electron chi connectivity index (χ2n) is 21.4. The summed E-state index contributed by atoms with van der Waals surface area (Å²) in [7, 11) is 5.81. The number of fused-ring (bicyclic) bond motifs is 2. The molecule has 404 valence electrons. The monoisotopic (exact) mass is 1050 g/mol. The number of ether oxygens (including phenoxy) is 3. The first-order chi connectivity index (χ1) is 37.9. The number of likely N-dealkylation sites (tertiary alicyclic amines) is 1. The molecule has 2 amide bonds. The Morgan fingerprint density at radius 3 is 2.46 bits per heavy atom. The number of aromatic amines is 1. The molecule has 2 aliphatic heterocycles. The summed E-state index contributed by atoms with van der Waals surface area (Å²) in [5.74, 6) is 1.08. The number of amides is 2. The number of H-pyrrole nitrogens is 1. The summed E-state index contributed by atoms with van der Waals surface area (Å²) in [6, 6.07) is 21.4. The van der Waals surface area contributed by atoms with Gasteiger partial charge >= 0.3 is 6.01 Å². The molecule has 4 aromatic carbocycles. The lowest BCUT2D eigenvalue weighted by atomic mass is 9.89. The molecule has 3 N–H and O–H groups in total. The van der Waals surface area contributed by atoms with Crippen LogP contribution < -0.4 is 25.0 Å². The van der Waals surface area contributed by atoms with Gasteiger partial charge in [-0.2, -0.15) is 25.3 Å². The van der Waals surface area contributed by atoms with Gasteiger partial charge in [-0.1, -0.05) is 56.3 Å². The maximum Gasteiger partial charge on any atom is 0.319 e. The van der Waals surface area contributed by atoms with E-state index in [1.54, 1.807) is 22.0 Å². The molecule has 3 aliphatic rings. The molecule has 2 atom stereocenters. The van der Waals surface area contributed by atoms with Crippen LogP contribution in [0.2, 0.25) is 0 Å². The lowest BCUT2D eigenvalue weighted by Crippen LogP contribution is -2.48. The third-order valence-electron chi connectivity index (χ3n) is 15.5. The number of nitrogens with zero attached hydrogens (tertiary/aromatic N) is 9. The van der Waals surface area contributed by atoms with Crippen molar-refractivity contribution in [2.24, 2.45) is 5.92 Å². The number of carbonyl (C=O) groups excluding carboxylic acids is 3. The third kappa shape index (κ3) is 10.2. The van der Waals surface area contributed by atoms with E-state index in [0.29, 0.717) is 61.9 Å². The zero-order chi connectivity index (χ0) is 54.2. The molecule has 4 aromatic heterocycles. The quantitative estimate of drug-likeness (QED) is 0.0648. The smallest absolute Gasteiger partial charge is 0.319 e. The number of aryl methyl sites for hydroxylation is 2. The highest BCUT2D eigenvalue weighted by atomic mass is 16.5. The number of aldehydes is 1. The van der Waals surface area contributed by atoms with Crippen molar-refractivity contribution in [1.29, 1.82) is 0 Å². The molecule has 78 heavy (non-hydrogen) atoms. The zero-order valence-electron chi connectivity index (χ0n) is 45.5. The average molecular weight is 1050 g/mol. The van der Waals surface area contributed by atoms with Crippen molar-refractivity contribution in [2.45, 2.75) is 110 Å². The number of rotatable bonds is 19. The predicted molar refractivity (Wildman–Crippen MR) is 301 cm³/mol. The van der Waals surface area contributed by atoms with Gasteiger partial charge in [0.1, 0.15) is 41.8 Å². The Labute approximate surface area is 453 Å². The summed E-state index contributed by atoms with van der Waals surface area (Å²) in [4.78, 5) is 55.4. The summed E-state index contributed by atoms with van der Waals surface area (Å²) in [5.41, 5.74) is 12.0. The molecule has 18 heteroatoms. The summed E-state index contributed by atoms with van der Waals surface area (Å²) < 4.78 is 22.9. The average Bonchev–Trinajstić information content (AvgIpc) is 3.86. The first kappa shape index (κ1) is 52.0. The third-order valence-corrected chi connectivity index (χ3v) is 15.5. The Kier molecular flexibility index (Phi) is 14.7. The van der Waals surface area contributed by atoms with Crippen LogP contribution in [0.5, 0.6) is 11.8 Å². The van der Waals surface area contributed by atoms with Gasteiger partial charge in [-0.05, 0) is 109 Å². The standard InChI is InChI=1S/C60H68N12O6/c1-8-71-50(21-24-64-71)40-15-12-37(13-16-40)30-62-58(74)51-10-9-25-70(51)59(75)55(35(2)3)72-32-46(49(33-73)68-72)42-19-14-38(28-48(42)61-5)34-77-56-53(52-36(4)11-20-47-45(52)31-63-67-47)43(39-17-18-39)29-44-54(56)65-60(66-57(44)69(6)7)78-41-22-26-76-27-23-41/h11-16,19-21,24,28-29,31-33,35,39,41,51,55,61H,8-10,17-18,22-23,25-27,30,34H2,1-7H3,(H,62,74)(H,63,67). The van der Waals surface area contributed by atoms with Gasteiger partial charge in [-0.3, -0.25) is 28.8 Å². The Balaban J connectivity index is 0.882. The lowest BCUT2D eigenvalue weighted by Gasteiger charge is -2.30. The highest BCUT2D eigenvalue weighted by Crippen LogP contribution is 2.53. The van der Waals surface area contributed by atoms with Gasteiger partial charge < -0.3 is 34.6 Å². The van der Waals surface area contributed by atoms with Gasteiger partial charge in [-0.15, -0.1) is 0 Å². The molecule has 0 radical (unpaired) electrons. The minimum Gasteiger partial charge on any atom is -0.486 e. The molecule has 3 fully saturated rings. The maximum atomic E-state index is 14.7. The van der Waals surface area contributed by atoms with Gasteiger partial charge in [0.15, 0.2) is 12.0 Å². The van der Waals surface area contributed by atoms with Crippen LogP contribution in [0, 0.1) is 12.8 Å². The molecule has 1 aliphatic carbocycles. The summed E-state index contributed by atoms with van der Waals surface area (Å²) in [5, 5.41) is 25.1. The van der Waals surface area contributed by atoms with Crippen molar-refractivity contribution in [1.82, 2.24) is 49.9 Å². The largest absolute Gasteiger partial charge is 0.486 e. The number of anilines is 2. The van der Waals surface area contributed by atoms with Crippen LogP contribution >= 0.6 is 0 Å². The molecule has 1 saturated carbocycles. The SMILES string of the molecule is CCn1nccc1-c1ccc(CNC(=O)C2CCCN2C(=O)C(C(C)C)n2cc(-c3ccc(COc4c(-c5c(C)ccc6[nH]ncc56)c(C5CC5)cc5c(N(C)C)nc(OC6CCOCC6)nc45)cc3NC)c(C=O)n2)cc1. The Bertz CT molecular complexity index is 3520. The maximum absolute atomic E-state index is 14.7. The Morgan fingerprint density at radius 1 is 0.936 bits per heavy atom. The summed E-state index contributed by atoms with van der Waals surface area (Å²) in [6.07, 6.45) is 11.0. The van der Waals surface area contributed by atoms with E-state index in [-0.39, 0.29) is 42.1 Å². The summed E-state index contributed by atoms with van der Waals surface area (Å²) >= 11 is 0. The van der Waals surface area contributed by atoms with E-state index in [1.807, 2.05) is 99.3 Å². The number of hydrogen-bond donors (Lipinski definition) is 3. The second-order valence-corrected chi connectivity index (χ2v) is 21.4. The fourth-order valence-corrected chi connectivity index (χ4v) is 11.4. The van der Waals surface area contributed by atoms with E-state index in [2.05, 4.69) is 58.0 Å². The molecule has 0 bridgehead atoms. The first-order valence-electron chi connectivity index (χ1n) is 27.3. The Morgan fingerprint density at radius 2 is 1.73 bits per heavy atom. The number of aromatic nitrogens is 8. The fourth-order valence-electron chi connectivity index (χ4n) is 11.4. The number of hydrogen-bond acceptors (Lipinski definition) is 13. The van der Waals surface area contributed by atoms with Gasteiger partial charge in [0.25, 0.3) is 0 Å². The van der Waals surface area contributed by atoms with Gasteiger partial charge in [-0.25, -0.2) is 0 Å². The van der Waals surface area contributed by atoms with E-state index in [1.165, 1.54) is 5.56 Å². The normalized spacial score (nSPS) is 16.3. The second kappa shape index (κ2) is 22.1. The highest BCUT2D eigenvalue weighted by molar-refractivity contribution is 6.06.